The quantitative estimate of drug-likeness (QED) is 0.789. The van der Waals surface area contributed by atoms with Gasteiger partial charge < -0.3 is 4.74 Å². The third kappa shape index (κ3) is 3.23. The Morgan fingerprint density at radius 2 is 2.11 bits per heavy atom. The molecule has 0 atom stereocenters. The number of piperidine rings is 1. The van der Waals surface area contributed by atoms with Crippen molar-refractivity contribution in [2.75, 3.05) is 25.5 Å². The second-order valence-electron chi connectivity index (χ2n) is 4.81. The molecule has 1 aromatic carbocycles. The summed E-state index contributed by atoms with van der Waals surface area (Å²) >= 11 is 3.53. The van der Waals surface area contributed by atoms with Crippen molar-refractivity contribution in [3.05, 3.63) is 29.6 Å². The van der Waals surface area contributed by atoms with Crippen LogP contribution in [0.2, 0.25) is 0 Å². The van der Waals surface area contributed by atoms with Crippen LogP contribution >= 0.6 is 15.9 Å². The minimum atomic E-state index is -0.220. The van der Waals surface area contributed by atoms with Crippen molar-refractivity contribution in [2.24, 2.45) is 5.92 Å². The van der Waals surface area contributed by atoms with Crippen LogP contribution in [0.5, 0.6) is 5.75 Å². The number of halogens is 2. The smallest absolute Gasteiger partial charge is 0.169 e. The Morgan fingerprint density at radius 1 is 1.39 bits per heavy atom. The van der Waals surface area contributed by atoms with E-state index in [9.17, 15) is 4.39 Å². The Balaban J connectivity index is 1.98. The van der Waals surface area contributed by atoms with Gasteiger partial charge in [-0.3, -0.25) is 4.90 Å². The molecule has 0 spiro atoms. The third-order valence-corrected chi connectivity index (χ3v) is 4.50. The van der Waals surface area contributed by atoms with Crippen LogP contribution in [0.15, 0.2) is 18.2 Å². The molecule has 1 fully saturated rings. The molecule has 0 aliphatic carbocycles. The number of likely N-dealkylation sites (tertiary alicyclic amines) is 1. The molecule has 1 saturated heterocycles. The molecule has 0 radical (unpaired) electrons. The fourth-order valence-electron chi connectivity index (χ4n) is 2.38. The average molecular weight is 316 g/mol. The minimum Gasteiger partial charge on any atom is -0.494 e. The van der Waals surface area contributed by atoms with Gasteiger partial charge in [-0.2, -0.15) is 0 Å². The van der Waals surface area contributed by atoms with Gasteiger partial charge >= 0.3 is 0 Å². The van der Waals surface area contributed by atoms with Crippen molar-refractivity contribution in [1.82, 2.24) is 4.90 Å². The Kier molecular flexibility index (Phi) is 5.01. The summed E-state index contributed by atoms with van der Waals surface area (Å²) in [6, 6.07) is 5.35. The molecule has 0 saturated carbocycles. The number of rotatable bonds is 4. The summed E-state index contributed by atoms with van der Waals surface area (Å²) in [6.45, 7) is 2.78. The molecule has 18 heavy (non-hydrogen) atoms. The van der Waals surface area contributed by atoms with Crippen LogP contribution in [-0.2, 0) is 6.54 Å². The summed E-state index contributed by atoms with van der Waals surface area (Å²) in [5, 5.41) is 1.08. The van der Waals surface area contributed by atoms with E-state index in [1.807, 2.05) is 12.1 Å². The Labute approximate surface area is 116 Å². The van der Waals surface area contributed by atoms with Gasteiger partial charge in [0.25, 0.3) is 0 Å². The molecular weight excluding hydrogens is 297 g/mol. The number of nitrogens with zero attached hydrogens (tertiary/aromatic N) is 1. The molecule has 0 amide bonds. The fraction of sp³-hybridized carbons (Fsp3) is 0.571. The first-order chi connectivity index (χ1) is 8.74. The summed E-state index contributed by atoms with van der Waals surface area (Å²) in [4.78, 5) is 2.32. The summed E-state index contributed by atoms with van der Waals surface area (Å²) in [5.41, 5.74) is 0.728. The highest BCUT2D eigenvalue weighted by Gasteiger charge is 2.19. The topological polar surface area (TPSA) is 12.5 Å². The molecule has 0 unspecified atom stereocenters. The van der Waals surface area contributed by atoms with Gasteiger partial charge in [-0.25, -0.2) is 4.39 Å². The van der Waals surface area contributed by atoms with E-state index < -0.39 is 0 Å². The van der Waals surface area contributed by atoms with Crippen molar-refractivity contribution in [3.8, 4) is 5.75 Å². The van der Waals surface area contributed by atoms with Crippen LogP contribution in [-0.4, -0.2) is 30.4 Å². The molecule has 1 heterocycles. The van der Waals surface area contributed by atoms with Gasteiger partial charge in [0.2, 0.25) is 0 Å². The van der Waals surface area contributed by atoms with E-state index in [1.165, 1.54) is 20.0 Å². The van der Waals surface area contributed by atoms with Crippen molar-refractivity contribution in [3.63, 3.8) is 0 Å². The van der Waals surface area contributed by atoms with Crippen molar-refractivity contribution in [2.45, 2.75) is 19.4 Å². The Morgan fingerprint density at radius 3 is 2.72 bits per heavy atom. The lowest BCUT2D eigenvalue weighted by Crippen LogP contribution is -2.33. The third-order valence-electron chi connectivity index (χ3n) is 3.58. The number of benzene rings is 1. The summed E-state index contributed by atoms with van der Waals surface area (Å²) in [7, 11) is 1.50. The molecule has 0 aromatic heterocycles. The second kappa shape index (κ2) is 6.53. The van der Waals surface area contributed by atoms with Gasteiger partial charge in [0, 0.05) is 17.4 Å². The number of hydrogen-bond acceptors (Lipinski definition) is 2. The predicted octanol–water partition coefficient (Wildman–Crippen LogP) is 3.44. The van der Waals surface area contributed by atoms with Crippen LogP contribution in [0.4, 0.5) is 4.39 Å². The standard InChI is InChI=1S/C14H19BrFNO/c1-18-13-4-2-3-12(14(13)16)10-17-7-5-11(9-15)6-8-17/h2-4,11H,5-10H2,1H3. The van der Waals surface area contributed by atoms with Crippen LogP contribution in [0.25, 0.3) is 0 Å². The number of alkyl halides is 1. The first kappa shape index (κ1) is 13.8. The molecular formula is C14H19BrFNO. The maximum Gasteiger partial charge on any atom is 0.169 e. The van der Waals surface area contributed by atoms with E-state index in [4.69, 9.17) is 4.74 Å². The highest BCUT2D eigenvalue weighted by atomic mass is 79.9. The molecule has 4 heteroatoms. The van der Waals surface area contributed by atoms with Crippen molar-refractivity contribution in [1.29, 1.82) is 0 Å². The van der Waals surface area contributed by atoms with Crippen LogP contribution in [0.1, 0.15) is 18.4 Å². The molecule has 0 bridgehead atoms. The van der Waals surface area contributed by atoms with Gasteiger partial charge in [-0.15, -0.1) is 0 Å². The van der Waals surface area contributed by atoms with E-state index in [2.05, 4.69) is 20.8 Å². The van der Waals surface area contributed by atoms with E-state index >= 15 is 0 Å². The van der Waals surface area contributed by atoms with Gasteiger partial charge in [0.15, 0.2) is 11.6 Å². The summed E-state index contributed by atoms with van der Waals surface area (Å²) in [6.07, 6.45) is 2.38. The van der Waals surface area contributed by atoms with Crippen LogP contribution < -0.4 is 4.74 Å². The Hall–Kier alpha value is -0.610. The first-order valence-electron chi connectivity index (χ1n) is 6.34. The maximum atomic E-state index is 14.0. The molecule has 100 valence electrons. The zero-order chi connectivity index (χ0) is 13.0. The average Bonchev–Trinajstić information content (AvgIpc) is 2.42. The molecule has 2 nitrogen and oxygen atoms in total. The van der Waals surface area contributed by atoms with Gasteiger partial charge in [0.1, 0.15) is 0 Å². The van der Waals surface area contributed by atoms with E-state index in [0.29, 0.717) is 12.3 Å². The zero-order valence-electron chi connectivity index (χ0n) is 10.7. The minimum absolute atomic E-state index is 0.220. The largest absolute Gasteiger partial charge is 0.494 e. The Bertz CT molecular complexity index is 391. The molecule has 1 aliphatic heterocycles. The van der Waals surface area contributed by atoms with E-state index in [-0.39, 0.29) is 5.82 Å². The van der Waals surface area contributed by atoms with Gasteiger partial charge in [0.05, 0.1) is 7.11 Å². The maximum absolute atomic E-state index is 14.0. The number of methoxy groups -OCH3 is 1. The fourth-order valence-corrected chi connectivity index (χ4v) is 3.02. The van der Waals surface area contributed by atoms with Gasteiger partial charge in [-0.1, -0.05) is 28.1 Å². The van der Waals surface area contributed by atoms with E-state index in [0.717, 1.165) is 29.9 Å². The number of hydrogen-bond donors (Lipinski definition) is 0. The molecule has 1 aromatic rings. The lowest BCUT2D eigenvalue weighted by molar-refractivity contribution is 0.185. The van der Waals surface area contributed by atoms with Crippen LogP contribution in [0.3, 0.4) is 0 Å². The lowest BCUT2D eigenvalue weighted by Gasteiger charge is -2.31. The molecule has 2 rings (SSSR count). The first-order valence-corrected chi connectivity index (χ1v) is 7.46. The highest BCUT2D eigenvalue weighted by Crippen LogP contribution is 2.24. The van der Waals surface area contributed by atoms with Crippen molar-refractivity contribution >= 4 is 15.9 Å². The SMILES string of the molecule is COc1cccc(CN2CCC(CBr)CC2)c1F. The monoisotopic (exact) mass is 315 g/mol. The molecule has 1 aliphatic rings. The zero-order valence-corrected chi connectivity index (χ0v) is 12.2. The number of ether oxygens (including phenoxy) is 1. The summed E-state index contributed by atoms with van der Waals surface area (Å²) in [5.74, 6) is 0.891. The highest BCUT2D eigenvalue weighted by molar-refractivity contribution is 9.09. The second-order valence-corrected chi connectivity index (χ2v) is 5.45. The van der Waals surface area contributed by atoms with Crippen molar-refractivity contribution < 1.29 is 9.13 Å². The van der Waals surface area contributed by atoms with E-state index in [1.54, 1.807) is 6.07 Å². The lowest BCUT2D eigenvalue weighted by atomic mass is 9.98. The van der Waals surface area contributed by atoms with Crippen LogP contribution in [0, 0.1) is 11.7 Å². The van der Waals surface area contributed by atoms with Gasteiger partial charge in [-0.05, 0) is 37.9 Å². The molecule has 0 N–H and O–H groups in total. The summed E-state index contributed by atoms with van der Waals surface area (Å²) < 4.78 is 19.0. The predicted molar refractivity (Wildman–Crippen MR) is 74.7 cm³/mol. The normalized spacial score (nSPS) is 17.9.